The van der Waals surface area contributed by atoms with E-state index < -0.39 is 0 Å². The molecule has 2 bridgehead atoms. The van der Waals surface area contributed by atoms with Gasteiger partial charge in [0.1, 0.15) is 0 Å². The Kier molecular flexibility index (Phi) is 2.95. The van der Waals surface area contributed by atoms with E-state index >= 15 is 0 Å². The van der Waals surface area contributed by atoms with Gasteiger partial charge in [-0.05, 0) is 62.3 Å². The fraction of sp³-hybridized carbons (Fsp3) is 0.625. The van der Waals surface area contributed by atoms with Crippen molar-refractivity contribution >= 4 is 0 Å². The lowest BCUT2D eigenvalue weighted by molar-refractivity contribution is 0.0884. The molecule has 98 valence electrons. The highest BCUT2D eigenvalue weighted by Gasteiger charge is 2.43. The molecule has 1 aromatic carbocycles. The van der Waals surface area contributed by atoms with Crippen molar-refractivity contribution in [1.82, 2.24) is 0 Å². The summed E-state index contributed by atoms with van der Waals surface area (Å²) in [5.74, 6) is 0.518. The lowest BCUT2D eigenvalue weighted by atomic mass is 9.80. The Hall–Kier alpha value is -0.860. The predicted molar refractivity (Wildman–Crippen MR) is 73.6 cm³/mol. The summed E-state index contributed by atoms with van der Waals surface area (Å²) >= 11 is 0. The highest BCUT2D eigenvalue weighted by atomic mass is 16.5. The molecule has 4 unspecified atom stereocenters. The first kappa shape index (κ1) is 12.2. The average Bonchev–Trinajstić information content (AvgIpc) is 2.95. The molecule has 2 saturated heterocycles. The number of fused-ring (bicyclic) bond motifs is 2. The van der Waals surface area contributed by atoms with Gasteiger partial charge in [0.25, 0.3) is 0 Å². The summed E-state index contributed by atoms with van der Waals surface area (Å²) in [4.78, 5) is 0. The van der Waals surface area contributed by atoms with Crippen molar-refractivity contribution in [2.75, 3.05) is 0 Å². The largest absolute Gasteiger partial charge is 0.375 e. The average molecular weight is 245 g/mol. The summed E-state index contributed by atoms with van der Waals surface area (Å²) in [6.45, 7) is 6.51. The van der Waals surface area contributed by atoms with Crippen LogP contribution in [0.1, 0.15) is 47.6 Å². The van der Waals surface area contributed by atoms with Crippen molar-refractivity contribution in [3.63, 3.8) is 0 Å². The molecule has 3 rings (SSSR count). The second kappa shape index (κ2) is 4.36. The standard InChI is InChI=1S/C16H23NO/c1-9-6-11(3)13(7-10(9)2)16(17)14-8-12-4-5-15(14)18-12/h6-7,12,14-16H,4-5,8,17H2,1-3H3. The van der Waals surface area contributed by atoms with Gasteiger partial charge in [-0.15, -0.1) is 0 Å². The van der Waals surface area contributed by atoms with Crippen molar-refractivity contribution in [3.05, 3.63) is 34.4 Å². The Morgan fingerprint density at radius 1 is 1.11 bits per heavy atom. The third-order valence-electron chi connectivity index (χ3n) is 4.86. The zero-order chi connectivity index (χ0) is 12.9. The highest BCUT2D eigenvalue weighted by Crippen LogP contribution is 2.44. The molecule has 0 aliphatic carbocycles. The van der Waals surface area contributed by atoms with Gasteiger partial charge >= 0.3 is 0 Å². The van der Waals surface area contributed by atoms with Crippen LogP contribution in [0, 0.1) is 26.7 Å². The number of rotatable bonds is 2. The first-order valence-electron chi connectivity index (χ1n) is 7.05. The molecule has 18 heavy (non-hydrogen) atoms. The number of hydrogen-bond donors (Lipinski definition) is 1. The van der Waals surface area contributed by atoms with Gasteiger partial charge in [0, 0.05) is 12.0 Å². The minimum absolute atomic E-state index is 0.139. The molecule has 0 radical (unpaired) electrons. The van der Waals surface area contributed by atoms with Gasteiger partial charge in [0.05, 0.1) is 12.2 Å². The Morgan fingerprint density at radius 3 is 2.44 bits per heavy atom. The van der Waals surface area contributed by atoms with Gasteiger partial charge < -0.3 is 10.5 Å². The van der Waals surface area contributed by atoms with Gasteiger partial charge in [-0.2, -0.15) is 0 Å². The molecule has 2 heterocycles. The van der Waals surface area contributed by atoms with Crippen molar-refractivity contribution in [3.8, 4) is 0 Å². The molecule has 4 atom stereocenters. The minimum Gasteiger partial charge on any atom is -0.375 e. The van der Waals surface area contributed by atoms with Gasteiger partial charge in [-0.25, -0.2) is 0 Å². The molecule has 0 saturated carbocycles. The normalized spacial score (nSPS) is 31.9. The molecule has 2 heteroatoms. The van der Waals surface area contributed by atoms with Crippen molar-refractivity contribution in [2.45, 2.75) is 58.3 Å². The van der Waals surface area contributed by atoms with Crippen LogP contribution in [0.15, 0.2) is 12.1 Å². The smallest absolute Gasteiger partial charge is 0.0627 e. The number of benzene rings is 1. The summed E-state index contributed by atoms with van der Waals surface area (Å²) in [5, 5.41) is 0. The summed E-state index contributed by atoms with van der Waals surface area (Å²) in [5.41, 5.74) is 11.9. The number of hydrogen-bond acceptors (Lipinski definition) is 2. The van der Waals surface area contributed by atoms with Crippen LogP contribution < -0.4 is 5.73 Å². The molecular weight excluding hydrogens is 222 g/mol. The van der Waals surface area contributed by atoms with E-state index in [-0.39, 0.29) is 6.04 Å². The fourth-order valence-electron chi connectivity index (χ4n) is 3.63. The Balaban J connectivity index is 1.88. The van der Waals surface area contributed by atoms with Crippen LogP contribution in [-0.4, -0.2) is 12.2 Å². The zero-order valence-electron chi connectivity index (χ0n) is 11.6. The maximum Gasteiger partial charge on any atom is 0.0627 e. The molecule has 0 amide bonds. The Labute approximate surface area is 110 Å². The zero-order valence-corrected chi connectivity index (χ0v) is 11.6. The topological polar surface area (TPSA) is 35.2 Å². The Morgan fingerprint density at radius 2 is 1.83 bits per heavy atom. The van der Waals surface area contributed by atoms with E-state index in [2.05, 4.69) is 32.9 Å². The van der Waals surface area contributed by atoms with E-state index in [1.165, 1.54) is 35.1 Å². The van der Waals surface area contributed by atoms with E-state index in [9.17, 15) is 0 Å². The monoisotopic (exact) mass is 245 g/mol. The summed E-state index contributed by atoms with van der Waals surface area (Å²) in [6, 6.07) is 4.68. The second-order valence-corrected chi connectivity index (χ2v) is 6.09. The first-order valence-corrected chi connectivity index (χ1v) is 7.05. The van der Waals surface area contributed by atoms with E-state index in [4.69, 9.17) is 10.5 Å². The van der Waals surface area contributed by atoms with Crippen LogP contribution in [0.4, 0.5) is 0 Å². The number of nitrogens with two attached hydrogens (primary N) is 1. The summed E-state index contributed by atoms with van der Waals surface area (Å²) in [6.07, 6.45) is 4.48. The van der Waals surface area contributed by atoms with Crippen molar-refractivity contribution < 1.29 is 4.74 Å². The van der Waals surface area contributed by atoms with Crippen LogP contribution in [0.5, 0.6) is 0 Å². The molecular formula is C16H23NO. The predicted octanol–water partition coefficient (Wildman–Crippen LogP) is 3.18. The molecule has 2 aliphatic heterocycles. The van der Waals surface area contributed by atoms with Crippen LogP contribution in [0.25, 0.3) is 0 Å². The third kappa shape index (κ3) is 1.88. The SMILES string of the molecule is Cc1cc(C)c(C(N)C2CC3CCC2O3)cc1C. The van der Waals surface area contributed by atoms with E-state index in [0.717, 1.165) is 6.42 Å². The first-order chi connectivity index (χ1) is 8.56. The van der Waals surface area contributed by atoms with Crippen molar-refractivity contribution in [2.24, 2.45) is 11.7 Å². The fourth-order valence-corrected chi connectivity index (χ4v) is 3.63. The molecule has 2 fully saturated rings. The maximum atomic E-state index is 6.53. The molecule has 0 aromatic heterocycles. The molecule has 0 spiro atoms. The van der Waals surface area contributed by atoms with Crippen LogP contribution >= 0.6 is 0 Å². The van der Waals surface area contributed by atoms with Crippen LogP contribution in [0.2, 0.25) is 0 Å². The lowest BCUT2D eigenvalue weighted by Crippen LogP contribution is -2.30. The summed E-state index contributed by atoms with van der Waals surface area (Å²) < 4.78 is 5.94. The quantitative estimate of drug-likeness (QED) is 0.868. The van der Waals surface area contributed by atoms with Gasteiger partial charge in [-0.1, -0.05) is 12.1 Å². The molecule has 2 aliphatic rings. The second-order valence-electron chi connectivity index (χ2n) is 6.09. The molecule has 2 nitrogen and oxygen atoms in total. The van der Waals surface area contributed by atoms with Crippen molar-refractivity contribution in [1.29, 1.82) is 0 Å². The van der Waals surface area contributed by atoms with Gasteiger partial charge in [-0.3, -0.25) is 0 Å². The number of aryl methyl sites for hydroxylation is 3. The molecule has 1 aromatic rings. The van der Waals surface area contributed by atoms with E-state index in [0.29, 0.717) is 18.1 Å². The Bertz CT molecular complexity index is 468. The maximum absolute atomic E-state index is 6.53. The van der Waals surface area contributed by atoms with E-state index in [1.54, 1.807) is 0 Å². The summed E-state index contributed by atoms with van der Waals surface area (Å²) in [7, 11) is 0. The van der Waals surface area contributed by atoms with Crippen LogP contribution in [-0.2, 0) is 4.74 Å². The van der Waals surface area contributed by atoms with Crippen LogP contribution in [0.3, 0.4) is 0 Å². The van der Waals surface area contributed by atoms with Gasteiger partial charge in [0.15, 0.2) is 0 Å². The minimum atomic E-state index is 0.139. The van der Waals surface area contributed by atoms with E-state index in [1.807, 2.05) is 0 Å². The lowest BCUT2D eigenvalue weighted by Gasteiger charge is -2.27. The highest BCUT2D eigenvalue weighted by molar-refractivity contribution is 5.38. The van der Waals surface area contributed by atoms with Gasteiger partial charge in [0.2, 0.25) is 0 Å². The molecule has 2 N–H and O–H groups in total. The third-order valence-corrected chi connectivity index (χ3v) is 4.86. The number of ether oxygens (including phenoxy) is 1.